The molecule has 0 radical (unpaired) electrons. The highest BCUT2D eigenvalue weighted by Gasteiger charge is 2.30. The summed E-state index contributed by atoms with van der Waals surface area (Å²) in [6.45, 7) is 6.44. The minimum atomic E-state index is -3.92. The number of esters is 1. The van der Waals surface area contributed by atoms with Gasteiger partial charge in [-0.1, -0.05) is 6.07 Å². The fourth-order valence-corrected chi connectivity index (χ4v) is 5.07. The van der Waals surface area contributed by atoms with Crippen molar-refractivity contribution in [1.29, 1.82) is 0 Å². The van der Waals surface area contributed by atoms with Gasteiger partial charge in [0.15, 0.2) is 0 Å². The van der Waals surface area contributed by atoms with Gasteiger partial charge in [-0.25, -0.2) is 18.2 Å². The number of carboxylic acids is 1. The first-order valence-corrected chi connectivity index (χ1v) is 11.8. The van der Waals surface area contributed by atoms with Gasteiger partial charge in [0.05, 0.1) is 29.3 Å². The van der Waals surface area contributed by atoms with Crippen LogP contribution in [-0.4, -0.2) is 50.1 Å². The van der Waals surface area contributed by atoms with Crippen LogP contribution in [0.25, 0.3) is 0 Å². The van der Waals surface area contributed by atoms with Crippen LogP contribution in [0.5, 0.6) is 0 Å². The molecule has 10 heteroatoms. The van der Waals surface area contributed by atoms with Gasteiger partial charge >= 0.3 is 11.9 Å². The normalized spacial score (nSPS) is 16.5. The summed E-state index contributed by atoms with van der Waals surface area (Å²) in [5, 5.41) is 9.73. The number of nitrogens with one attached hydrogen (secondary N) is 1. The molecule has 0 saturated carbocycles. The molecule has 1 aliphatic heterocycles. The Labute approximate surface area is 187 Å². The lowest BCUT2D eigenvalue weighted by molar-refractivity contribution is -0.148. The summed E-state index contributed by atoms with van der Waals surface area (Å²) in [6, 6.07) is 6.19. The molecule has 1 atom stereocenters. The zero-order chi connectivity index (χ0) is 23.5. The molecular weight excluding hydrogens is 434 g/mol. The van der Waals surface area contributed by atoms with Gasteiger partial charge in [0.1, 0.15) is 11.4 Å². The molecule has 1 fully saturated rings. The quantitative estimate of drug-likeness (QED) is 0.603. The van der Waals surface area contributed by atoms with Crippen molar-refractivity contribution in [3.05, 3.63) is 47.2 Å². The van der Waals surface area contributed by atoms with Gasteiger partial charge in [0.25, 0.3) is 10.0 Å². The minimum Gasteiger partial charge on any atom is -0.478 e. The molecule has 1 saturated heterocycles. The van der Waals surface area contributed by atoms with Gasteiger partial charge in [0.2, 0.25) is 0 Å². The Morgan fingerprint density at radius 3 is 2.53 bits per heavy atom. The van der Waals surface area contributed by atoms with Crippen LogP contribution in [-0.2, 0) is 19.6 Å². The van der Waals surface area contributed by atoms with Crippen molar-refractivity contribution in [3.8, 4) is 0 Å². The Morgan fingerprint density at radius 1 is 1.22 bits per heavy atom. The Kier molecular flexibility index (Phi) is 7.02. The SMILES string of the molecule is CCOC(=O)C1CCCN(c2ncc(NS(=O)(=O)c3cc(C)cc(C)c3)cc2C(=O)O)C1. The number of aromatic nitrogens is 1. The highest BCUT2D eigenvalue weighted by atomic mass is 32.2. The summed E-state index contributed by atoms with van der Waals surface area (Å²) in [5.41, 5.74) is 1.50. The third kappa shape index (κ3) is 5.37. The Morgan fingerprint density at radius 2 is 1.91 bits per heavy atom. The zero-order valence-corrected chi connectivity index (χ0v) is 19.1. The Hall–Kier alpha value is -3.14. The van der Waals surface area contributed by atoms with Crippen LogP contribution in [0.4, 0.5) is 11.5 Å². The molecule has 172 valence electrons. The molecule has 1 unspecified atom stereocenters. The predicted octanol–water partition coefficient (Wildman–Crippen LogP) is 2.98. The molecule has 0 amide bonds. The number of pyridine rings is 1. The molecule has 2 N–H and O–H groups in total. The van der Waals surface area contributed by atoms with Crippen molar-refractivity contribution >= 4 is 33.5 Å². The molecular formula is C22H27N3O6S. The second kappa shape index (κ2) is 9.56. The zero-order valence-electron chi connectivity index (χ0n) is 18.3. The number of rotatable bonds is 7. The fraction of sp³-hybridized carbons (Fsp3) is 0.409. The van der Waals surface area contributed by atoms with Gasteiger partial charge < -0.3 is 14.7 Å². The van der Waals surface area contributed by atoms with E-state index in [-0.39, 0.29) is 40.5 Å². The van der Waals surface area contributed by atoms with E-state index in [0.717, 1.165) is 11.1 Å². The Bertz CT molecular complexity index is 1110. The van der Waals surface area contributed by atoms with Gasteiger partial charge in [-0.15, -0.1) is 0 Å². The molecule has 1 aromatic carbocycles. The number of carbonyl (C=O) groups is 2. The molecule has 9 nitrogen and oxygen atoms in total. The van der Waals surface area contributed by atoms with Crippen molar-refractivity contribution in [2.24, 2.45) is 5.92 Å². The molecule has 2 aromatic rings. The van der Waals surface area contributed by atoms with E-state index in [1.54, 1.807) is 37.8 Å². The van der Waals surface area contributed by atoms with Crippen LogP contribution in [0.3, 0.4) is 0 Å². The lowest BCUT2D eigenvalue weighted by atomic mass is 9.98. The van der Waals surface area contributed by atoms with Crippen LogP contribution in [0.15, 0.2) is 35.4 Å². The van der Waals surface area contributed by atoms with Gasteiger partial charge in [-0.3, -0.25) is 9.52 Å². The summed E-state index contributed by atoms with van der Waals surface area (Å²) < 4.78 is 33.1. The third-order valence-electron chi connectivity index (χ3n) is 5.20. The first-order valence-electron chi connectivity index (χ1n) is 10.4. The lowest BCUT2D eigenvalue weighted by Crippen LogP contribution is -2.40. The summed E-state index contributed by atoms with van der Waals surface area (Å²) in [7, 11) is -3.92. The Balaban J connectivity index is 1.88. The molecule has 1 aromatic heterocycles. The van der Waals surface area contributed by atoms with E-state index in [1.807, 2.05) is 6.07 Å². The second-order valence-electron chi connectivity index (χ2n) is 7.87. The number of anilines is 2. The molecule has 1 aliphatic rings. The average molecular weight is 462 g/mol. The number of ether oxygens (including phenoxy) is 1. The van der Waals surface area contributed by atoms with Crippen LogP contribution >= 0.6 is 0 Å². The first-order chi connectivity index (χ1) is 15.1. The number of hydrogen-bond acceptors (Lipinski definition) is 7. The summed E-state index contributed by atoms with van der Waals surface area (Å²) in [4.78, 5) is 30.1. The molecule has 0 aliphatic carbocycles. The number of sulfonamides is 1. The number of benzene rings is 1. The van der Waals surface area contributed by atoms with Gasteiger partial charge in [-0.05, 0) is 62.9 Å². The number of aryl methyl sites for hydroxylation is 2. The number of hydrogen-bond donors (Lipinski definition) is 2. The van der Waals surface area contributed by atoms with Crippen molar-refractivity contribution < 1.29 is 27.9 Å². The van der Waals surface area contributed by atoms with Crippen molar-refractivity contribution in [2.45, 2.75) is 38.5 Å². The van der Waals surface area contributed by atoms with Gasteiger partial charge in [0, 0.05) is 13.1 Å². The summed E-state index contributed by atoms with van der Waals surface area (Å²) in [5.74, 6) is -1.72. The lowest BCUT2D eigenvalue weighted by Gasteiger charge is -2.33. The summed E-state index contributed by atoms with van der Waals surface area (Å²) >= 11 is 0. The standard InChI is InChI=1S/C22H27N3O6S/c1-4-31-22(28)16-6-5-7-25(13-16)20-19(21(26)27)11-17(12-23-20)24-32(29,30)18-9-14(2)8-15(3)10-18/h8-12,16,24H,4-7,13H2,1-3H3,(H,26,27). The maximum Gasteiger partial charge on any atom is 0.339 e. The largest absolute Gasteiger partial charge is 0.478 e. The van der Waals surface area contributed by atoms with E-state index >= 15 is 0 Å². The monoisotopic (exact) mass is 461 g/mol. The van der Waals surface area contributed by atoms with Crippen molar-refractivity contribution in [1.82, 2.24) is 4.98 Å². The van der Waals surface area contributed by atoms with Crippen LogP contribution in [0.1, 0.15) is 41.3 Å². The van der Waals surface area contributed by atoms with Crippen LogP contribution in [0.2, 0.25) is 0 Å². The predicted molar refractivity (Wildman–Crippen MR) is 119 cm³/mol. The van der Waals surface area contributed by atoms with E-state index in [1.165, 1.54) is 12.3 Å². The maximum atomic E-state index is 12.8. The third-order valence-corrected chi connectivity index (χ3v) is 6.56. The van der Waals surface area contributed by atoms with Crippen molar-refractivity contribution in [3.63, 3.8) is 0 Å². The molecule has 32 heavy (non-hydrogen) atoms. The number of carboxylic acid groups (broad SMARTS) is 1. The van der Waals surface area contributed by atoms with Crippen molar-refractivity contribution in [2.75, 3.05) is 29.3 Å². The molecule has 0 bridgehead atoms. The first kappa shape index (κ1) is 23.5. The maximum absolute atomic E-state index is 12.8. The number of carbonyl (C=O) groups excluding carboxylic acids is 1. The highest BCUT2D eigenvalue weighted by molar-refractivity contribution is 7.92. The van der Waals surface area contributed by atoms with E-state index in [0.29, 0.717) is 25.9 Å². The highest BCUT2D eigenvalue weighted by Crippen LogP contribution is 2.28. The van der Waals surface area contributed by atoms with E-state index < -0.39 is 16.0 Å². The second-order valence-corrected chi connectivity index (χ2v) is 9.55. The molecule has 2 heterocycles. The number of nitrogens with zero attached hydrogens (tertiary/aromatic N) is 2. The molecule has 0 spiro atoms. The topological polar surface area (TPSA) is 126 Å². The fourth-order valence-electron chi connectivity index (χ4n) is 3.85. The molecule has 3 rings (SSSR count). The van der Waals surface area contributed by atoms with E-state index in [4.69, 9.17) is 4.74 Å². The minimum absolute atomic E-state index is 0.0456. The van der Waals surface area contributed by atoms with E-state index in [2.05, 4.69) is 9.71 Å². The summed E-state index contributed by atoms with van der Waals surface area (Å²) in [6.07, 6.45) is 2.63. The smallest absolute Gasteiger partial charge is 0.339 e. The van der Waals surface area contributed by atoms with E-state index in [9.17, 15) is 23.1 Å². The number of aromatic carboxylic acids is 1. The van der Waals surface area contributed by atoms with Gasteiger partial charge in [-0.2, -0.15) is 0 Å². The number of piperidine rings is 1. The van der Waals surface area contributed by atoms with Crippen LogP contribution < -0.4 is 9.62 Å². The van der Waals surface area contributed by atoms with Crippen LogP contribution in [0, 0.1) is 19.8 Å². The average Bonchev–Trinajstić information content (AvgIpc) is 2.73.